The van der Waals surface area contributed by atoms with Gasteiger partial charge in [0.15, 0.2) is 0 Å². The molecule has 1 aliphatic carbocycles. The molecule has 2 fully saturated rings. The van der Waals surface area contributed by atoms with E-state index in [-0.39, 0.29) is 5.91 Å². The van der Waals surface area contributed by atoms with E-state index in [1.54, 1.807) is 0 Å². The maximum atomic E-state index is 11.9. The first-order valence-electron chi connectivity index (χ1n) is 12.5. The number of benzene rings is 1. The Hall–Kier alpha value is -2.48. The predicted octanol–water partition coefficient (Wildman–Crippen LogP) is 5.18. The van der Waals surface area contributed by atoms with Gasteiger partial charge < -0.3 is 10.2 Å². The van der Waals surface area contributed by atoms with Gasteiger partial charge in [0.2, 0.25) is 5.91 Å². The van der Waals surface area contributed by atoms with E-state index >= 15 is 0 Å². The number of rotatable bonds is 4. The molecule has 5 rings (SSSR count). The van der Waals surface area contributed by atoms with Crippen LogP contribution in [0.15, 0.2) is 59.2 Å². The van der Waals surface area contributed by atoms with Crippen LogP contribution in [0.25, 0.3) is 15.7 Å². The van der Waals surface area contributed by atoms with Crippen molar-refractivity contribution >= 4 is 50.5 Å². The monoisotopic (exact) mass is 509 g/mol. The van der Waals surface area contributed by atoms with Crippen LogP contribution in [-0.4, -0.2) is 64.2 Å². The fourth-order valence-electron chi connectivity index (χ4n) is 5.38. The second-order valence-electron chi connectivity index (χ2n) is 9.44. The van der Waals surface area contributed by atoms with Gasteiger partial charge in [-0.3, -0.25) is 14.7 Å². The van der Waals surface area contributed by atoms with E-state index in [9.17, 15) is 4.79 Å². The van der Waals surface area contributed by atoms with Gasteiger partial charge in [-0.25, -0.2) is 0 Å². The molecule has 3 aliphatic rings. The van der Waals surface area contributed by atoms with Gasteiger partial charge in [0.05, 0.1) is 21.5 Å². The lowest BCUT2D eigenvalue weighted by Crippen LogP contribution is -2.52. The number of carbonyl (C=O) groups is 1. The standard InChI is InChI=1S/C27H32ClN5OS/c1-2-26(34)33-15-13-32(14-16-33)20-8-5-7-19(17-20)30-25-12-6-10-21(23(28)18-29-25)27-22-9-3-4-11-24(22)35-31-27/h2-4,9-11,18-20H,1,5-8,12-17H2,(H,29,30)/b21-10+,23-18+/t19-,20+/m1/s1. The molecule has 0 radical (unpaired) electrons. The van der Waals surface area contributed by atoms with Crippen molar-refractivity contribution in [2.45, 2.75) is 50.6 Å². The van der Waals surface area contributed by atoms with Crippen molar-refractivity contribution in [3.05, 3.63) is 59.9 Å². The summed E-state index contributed by atoms with van der Waals surface area (Å²) in [6.07, 6.45) is 11.8. The van der Waals surface area contributed by atoms with Gasteiger partial charge in [0.25, 0.3) is 0 Å². The largest absolute Gasteiger partial charge is 0.349 e. The summed E-state index contributed by atoms with van der Waals surface area (Å²) >= 11 is 8.24. The van der Waals surface area contributed by atoms with Crippen molar-refractivity contribution < 1.29 is 4.79 Å². The molecule has 35 heavy (non-hydrogen) atoms. The number of hydrogen-bond donors (Lipinski definition) is 1. The second-order valence-corrected chi connectivity index (χ2v) is 10.6. The maximum absolute atomic E-state index is 11.9. The number of aromatic nitrogens is 1. The molecule has 8 heteroatoms. The summed E-state index contributed by atoms with van der Waals surface area (Å²) in [6.45, 7) is 7.05. The second kappa shape index (κ2) is 11.1. The van der Waals surface area contributed by atoms with Crippen molar-refractivity contribution in [1.82, 2.24) is 19.5 Å². The van der Waals surface area contributed by atoms with E-state index in [0.29, 0.717) is 17.1 Å². The lowest BCUT2D eigenvalue weighted by molar-refractivity contribution is -0.128. The molecule has 1 amide bonds. The number of nitrogens with one attached hydrogen (secondary N) is 1. The average Bonchev–Trinajstić information content (AvgIpc) is 3.32. The highest BCUT2D eigenvalue weighted by Gasteiger charge is 2.30. The third kappa shape index (κ3) is 5.52. The molecule has 3 heterocycles. The van der Waals surface area contributed by atoms with Crippen LogP contribution >= 0.6 is 23.1 Å². The Morgan fingerprint density at radius 2 is 2.06 bits per heavy atom. The minimum atomic E-state index is 0.0415. The summed E-state index contributed by atoms with van der Waals surface area (Å²) in [6, 6.07) is 9.15. The Kier molecular flexibility index (Phi) is 7.66. The molecule has 2 atom stereocenters. The molecule has 1 aromatic heterocycles. The van der Waals surface area contributed by atoms with Crippen molar-refractivity contribution in [1.29, 1.82) is 0 Å². The summed E-state index contributed by atoms with van der Waals surface area (Å²) in [4.78, 5) is 21.5. The fourth-order valence-corrected chi connectivity index (χ4v) is 6.39. The third-order valence-corrected chi connectivity index (χ3v) is 8.40. The Morgan fingerprint density at radius 1 is 1.23 bits per heavy atom. The number of hydrogen-bond acceptors (Lipinski definition) is 5. The Balaban J connectivity index is 1.22. The van der Waals surface area contributed by atoms with Crippen LogP contribution in [0.2, 0.25) is 0 Å². The highest BCUT2D eigenvalue weighted by atomic mass is 35.5. The summed E-state index contributed by atoms with van der Waals surface area (Å²) in [5.41, 5.74) is 1.95. The Bertz CT molecular complexity index is 1180. The van der Waals surface area contributed by atoms with Crippen LogP contribution in [0.5, 0.6) is 0 Å². The molecule has 6 nitrogen and oxygen atoms in total. The fraction of sp³-hybridized carbons (Fsp3) is 0.444. The molecule has 2 aliphatic heterocycles. The highest BCUT2D eigenvalue weighted by molar-refractivity contribution is 7.13. The van der Waals surface area contributed by atoms with Gasteiger partial charge in [0.1, 0.15) is 5.84 Å². The normalized spacial score (nSPS) is 28.4. The summed E-state index contributed by atoms with van der Waals surface area (Å²) in [7, 11) is 0. The van der Waals surface area contributed by atoms with Crippen LogP contribution < -0.4 is 5.32 Å². The molecule has 0 bridgehead atoms. The van der Waals surface area contributed by atoms with Crippen molar-refractivity contribution in [2.75, 3.05) is 26.2 Å². The first kappa shape index (κ1) is 24.2. The number of fused-ring (bicyclic) bond motifs is 1. The molecule has 1 aromatic carbocycles. The molecule has 2 aromatic rings. The molecular weight excluding hydrogens is 478 g/mol. The summed E-state index contributed by atoms with van der Waals surface area (Å²) < 4.78 is 5.86. The molecule has 1 saturated heterocycles. The smallest absolute Gasteiger partial charge is 0.246 e. The highest BCUT2D eigenvalue weighted by Crippen LogP contribution is 2.34. The third-order valence-electron chi connectivity index (χ3n) is 7.26. The lowest BCUT2D eigenvalue weighted by atomic mass is 9.89. The van der Waals surface area contributed by atoms with Gasteiger partial charge >= 0.3 is 0 Å². The van der Waals surface area contributed by atoms with Gasteiger partial charge in [-0.05, 0) is 55.8 Å². The van der Waals surface area contributed by atoms with E-state index in [1.165, 1.54) is 35.2 Å². The molecule has 184 valence electrons. The molecule has 0 spiro atoms. The van der Waals surface area contributed by atoms with E-state index < -0.39 is 0 Å². The first-order chi connectivity index (χ1) is 17.1. The minimum absolute atomic E-state index is 0.0415. The van der Waals surface area contributed by atoms with Gasteiger partial charge in [-0.15, -0.1) is 0 Å². The maximum Gasteiger partial charge on any atom is 0.246 e. The van der Waals surface area contributed by atoms with Crippen LogP contribution in [0.1, 0.15) is 44.2 Å². The van der Waals surface area contributed by atoms with Crippen LogP contribution in [0.3, 0.4) is 0 Å². The summed E-state index contributed by atoms with van der Waals surface area (Å²) in [5.74, 6) is 1.05. The van der Waals surface area contributed by atoms with Crippen molar-refractivity contribution in [3.63, 3.8) is 0 Å². The zero-order valence-electron chi connectivity index (χ0n) is 20.0. The lowest BCUT2D eigenvalue weighted by Gasteiger charge is -2.41. The number of aliphatic imine (C=N–C) groups is 1. The minimum Gasteiger partial charge on any atom is -0.349 e. The Labute approximate surface area is 216 Å². The number of carbonyl (C=O) groups excluding carboxylic acids is 1. The van der Waals surface area contributed by atoms with Crippen LogP contribution in [0, 0.1) is 0 Å². The number of halogens is 1. The SMILES string of the molecule is C=CC(=O)N1CCN([C@H]2CCC[C@@H](N=C3CC/C=C(c4nsc5ccccc45)\C(Cl)=C/N3)C2)CC1. The van der Waals surface area contributed by atoms with Gasteiger partial charge in [0, 0.05) is 55.8 Å². The summed E-state index contributed by atoms with van der Waals surface area (Å²) in [5, 5.41) is 5.22. The number of amides is 1. The molecule has 1 N–H and O–H groups in total. The number of piperazine rings is 1. The zero-order chi connectivity index (χ0) is 24.2. The predicted molar refractivity (Wildman–Crippen MR) is 146 cm³/mol. The van der Waals surface area contributed by atoms with E-state index in [2.05, 4.69) is 39.4 Å². The van der Waals surface area contributed by atoms with Gasteiger partial charge in [-0.1, -0.05) is 42.5 Å². The van der Waals surface area contributed by atoms with Gasteiger partial charge in [-0.2, -0.15) is 4.37 Å². The molecular formula is C27H32ClN5OS. The average molecular weight is 510 g/mol. The topological polar surface area (TPSA) is 60.8 Å². The van der Waals surface area contributed by atoms with Crippen LogP contribution in [-0.2, 0) is 4.79 Å². The Morgan fingerprint density at radius 3 is 2.89 bits per heavy atom. The number of allylic oxidation sites excluding steroid dienone is 3. The molecule has 1 saturated carbocycles. The van der Waals surface area contributed by atoms with E-state index in [0.717, 1.165) is 74.4 Å². The van der Waals surface area contributed by atoms with Crippen molar-refractivity contribution in [2.24, 2.45) is 4.99 Å². The number of amidine groups is 1. The number of nitrogens with zero attached hydrogens (tertiary/aromatic N) is 4. The van der Waals surface area contributed by atoms with Crippen LogP contribution in [0.4, 0.5) is 0 Å². The van der Waals surface area contributed by atoms with E-state index in [1.807, 2.05) is 23.2 Å². The quantitative estimate of drug-likeness (QED) is 0.577. The first-order valence-corrected chi connectivity index (χ1v) is 13.7. The molecule has 0 unspecified atom stereocenters. The van der Waals surface area contributed by atoms with Crippen molar-refractivity contribution in [3.8, 4) is 0 Å². The zero-order valence-corrected chi connectivity index (χ0v) is 21.5. The van der Waals surface area contributed by atoms with E-state index in [4.69, 9.17) is 16.6 Å².